The molecule has 18 heavy (non-hydrogen) atoms. The van der Waals surface area contributed by atoms with E-state index in [4.69, 9.17) is 15.3 Å². The van der Waals surface area contributed by atoms with Crippen molar-refractivity contribution in [1.82, 2.24) is 5.43 Å². The molecule has 0 aromatic heterocycles. The van der Waals surface area contributed by atoms with E-state index in [1.54, 1.807) is 7.11 Å². The molecular formula is C14H24N2O2. The summed E-state index contributed by atoms with van der Waals surface area (Å²) in [5.41, 5.74) is 5.31. The molecule has 0 saturated heterocycles. The summed E-state index contributed by atoms with van der Waals surface area (Å²) in [6.07, 6.45) is 2.24. The van der Waals surface area contributed by atoms with Crippen LogP contribution in [0.1, 0.15) is 30.5 Å². The van der Waals surface area contributed by atoms with Gasteiger partial charge in [0.05, 0.1) is 25.9 Å². The van der Waals surface area contributed by atoms with Crippen LogP contribution in [0, 0.1) is 0 Å². The Morgan fingerprint density at radius 3 is 2.83 bits per heavy atom. The summed E-state index contributed by atoms with van der Waals surface area (Å²) in [6.45, 7) is 3.92. The smallest absolute Gasteiger partial charge is 0.0701 e. The molecule has 0 saturated carbocycles. The Kier molecular flexibility index (Phi) is 7.60. The topological polar surface area (TPSA) is 56.5 Å². The van der Waals surface area contributed by atoms with Crippen molar-refractivity contribution in [3.8, 4) is 0 Å². The molecule has 0 heterocycles. The maximum absolute atomic E-state index is 5.58. The molecule has 3 N–H and O–H groups in total. The average Bonchev–Trinajstić information content (AvgIpc) is 2.40. The quantitative estimate of drug-likeness (QED) is 0.400. The summed E-state index contributed by atoms with van der Waals surface area (Å²) in [5.74, 6) is 5.58. The first-order chi connectivity index (χ1) is 8.81. The molecule has 1 unspecified atom stereocenters. The van der Waals surface area contributed by atoms with E-state index in [-0.39, 0.29) is 6.04 Å². The molecule has 1 aromatic carbocycles. The molecule has 102 valence electrons. The Hall–Kier alpha value is -0.940. The first kappa shape index (κ1) is 15.1. The van der Waals surface area contributed by atoms with Crippen LogP contribution >= 0.6 is 0 Å². The maximum Gasteiger partial charge on any atom is 0.0701 e. The fourth-order valence-electron chi connectivity index (χ4n) is 1.84. The van der Waals surface area contributed by atoms with Gasteiger partial charge in [-0.25, -0.2) is 0 Å². The molecule has 0 aliphatic heterocycles. The lowest BCUT2D eigenvalue weighted by atomic mass is 10.0. The lowest BCUT2D eigenvalue weighted by molar-refractivity contribution is 0.0586. The first-order valence-electron chi connectivity index (χ1n) is 6.43. The third kappa shape index (κ3) is 5.14. The number of benzene rings is 1. The maximum atomic E-state index is 5.58. The van der Waals surface area contributed by atoms with Crippen LogP contribution in [0.5, 0.6) is 0 Å². The highest BCUT2D eigenvalue weighted by Crippen LogP contribution is 2.15. The fraction of sp³-hybridized carbons (Fsp3) is 0.571. The Balaban J connectivity index is 2.54. The van der Waals surface area contributed by atoms with Gasteiger partial charge in [0.1, 0.15) is 0 Å². The molecule has 1 atom stereocenters. The zero-order chi connectivity index (χ0) is 13.2. The highest BCUT2D eigenvalue weighted by Gasteiger charge is 2.10. The fourth-order valence-corrected chi connectivity index (χ4v) is 1.84. The normalized spacial score (nSPS) is 12.6. The molecular weight excluding hydrogens is 228 g/mol. The number of nitrogens with one attached hydrogen (secondary N) is 1. The van der Waals surface area contributed by atoms with E-state index < -0.39 is 0 Å². The van der Waals surface area contributed by atoms with Crippen LogP contribution in [0.15, 0.2) is 24.3 Å². The van der Waals surface area contributed by atoms with Gasteiger partial charge in [-0.1, -0.05) is 37.6 Å². The monoisotopic (exact) mass is 252 g/mol. The second kappa shape index (κ2) is 9.05. The average molecular weight is 252 g/mol. The SMILES string of the molecule is CCCc1cccc(C(COCCOC)NN)c1. The minimum absolute atomic E-state index is 0.0265. The van der Waals surface area contributed by atoms with E-state index in [2.05, 4.69) is 36.6 Å². The molecule has 0 amide bonds. The summed E-state index contributed by atoms with van der Waals surface area (Å²) < 4.78 is 10.5. The van der Waals surface area contributed by atoms with E-state index >= 15 is 0 Å². The van der Waals surface area contributed by atoms with Crippen LogP contribution in [0.2, 0.25) is 0 Å². The molecule has 0 fully saturated rings. The van der Waals surface area contributed by atoms with E-state index in [1.165, 1.54) is 11.1 Å². The van der Waals surface area contributed by atoms with E-state index in [0.717, 1.165) is 12.8 Å². The van der Waals surface area contributed by atoms with Gasteiger partial charge in [0.2, 0.25) is 0 Å². The van der Waals surface area contributed by atoms with Gasteiger partial charge in [-0.3, -0.25) is 11.3 Å². The Labute approximate surface area is 109 Å². The van der Waals surface area contributed by atoms with Crippen molar-refractivity contribution in [3.05, 3.63) is 35.4 Å². The Morgan fingerprint density at radius 1 is 1.33 bits per heavy atom. The summed E-state index contributed by atoms with van der Waals surface area (Å²) in [7, 11) is 1.66. The summed E-state index contributed by atoms with van der Waals surface area (Å²) in [6, 6.07) is 8.50. The van der Waals surface area contributed by atoms with Gasteiger partial charge < -0.3 is 9.47 Å². The van der Waals surface area contributed by atoms with Gasteiger partial charge in [-0.2, -0.15) is 0 Å². The van der Waals surface area contributed by atoms with E-state index in [0.29, 0.717) is 19.8 Å². The summed E-state index contributed by atoms with van der Waals surface area (Å²) >= 11 is 0. The molecule has 0 aliphatic carbocycles. The molecule has 1 aromatic rings. The number of hydrogen-bond donors (Lipinski definition) is 2. The van der Waals surface area contributed by atoms with E-state index in [1.807, 2.05) is 0 Å². The van der Waals surface area contributed by atoms with Crippen LogP contribution < -0.4 is 11.3 Å². The predicted octanol–water partition coefficient (Wildman–Crippen LogP) is 1.81. The molecule has 0 bridgehead atoms. The van der Waals surface area contributed by atoms with Gasteiger partial charge in [0.25, 0.3) is 0 Å². The van der Waals surface area contributed by atoms with Crippen LogP contribution in [0.25, 0.3) is 0 Å². The van der Waals surface area contributed by atoms with Gasteiger partial charge in [0.15, 0.2) is 0 Å². The lowest BCUT2D eigenvalue weighted by Crippen LogP contribution is -2.31. The number of methoxy groups -OCH3 is 1. The van der Waals surface area contributed by atoms with Crippen LogP contribution in [0.4, 0.5) is 0 Å². The standard InChI is InChI=1S/C14H24N2O2/c1-3-5-12-6-4-7-13(10-12)14(16-15)11-18-9-8-17-2/h4,6-7,10,14,16H,3,5,8-9,11,15H2,1-2H3. The van der Waals surface area contributed by atoms with Gasteiger partial charge >= 0.3 is 0 Å². The van der Waals surface area contributed by atoms with Crippen LogP contribution in [-0.2, 0) is 15.9 Å². The second-order valence-electron chi connectivity index (χ2n) is 4.28. The molecule has 0 aliphatic rings. The number of rotatable bonds is 9. The van der Waals surface area contributed by atoms with Gasteiger partial charge in [-0.05, 0) is 17.5 Å². The molecule has 0 spiro atoms. The summed E-state index contributed by atoms with van der Waals surface area (Å²) in [4.78, 5) is 0. The number of ether oxygens (including phenoxy) is 2. The lowest BCUT2D eigenvalue weighted by Gasteiger charge is -2.17. The second-order valence-corrected chi connectivity index (χ2v) is 4.28. The zero-order valence-electron chi connectivity index (χ0n) is 11.3. The third-order valence-corrected chi connectivity index (χ3v) is 2.81. The Morgan fingerprint density at radius 2 is 2.17 bits per heavy atom. The number of hydrogen-bond acceptors (Lipinski definition) is 4. The van der Waals surface area contributed by atoms with Crippen LogP contribution in [-0.4, -0.2) is 26.9 Å². The van der Waals surface area contributed by atoms with Crippen LogP contribution in [0.3, 0.4) is 0 Å². The number of nitrogens with two attached hydrogens (primary N) is 1. The number of aryl methyl sites for hydroxylation is 1. The van der Waals surface area contributed by atoms with Crippen molar-refractivity contribution in [3.63, 3.8) is 0 Å². The van der Waals surface area contributed by atoms with Gasteiger partial charge in [-0.15, -0.1) is 0 Å². The molecule has 4 nitrogen and oxygen atoms in total. The summed E-state index contributed by atoms with van der Waals surface area (Å²) in [5, 5.41) is 0. The molecule has 0 radical (unpaired) electrons. The highest BCUT2D eigenvalue weighted by molar-refractivity contribution is 5.26. The molecule has 1 rings (SSSR count). The van der Waals surface area contributed by atoms with Crippen molar-refractivity contribution in [2.45, 2.75) is 25.8 Å². The van der Waals surface area contributed by atoms with Gasteiger partial charge in [0, 0.05) is 7.11 Å². The van der Waals surface area contributed by atoms with Crippen molar-refractivity contribution >= 4 is 0 Å². The Bertz CT molecular complexity index is 331. The van der Waals surface area contributed by atoms with Crippen molar-refractivity contribution in [2.24, 2.45) is 5.84 Å². The predicted molar refractivity (Wildman–Crippen MR) is 73.2 cm³/mol. The zero-order valence-corrected chi connectivity index (χ0v) is 11.3. The largest absolute Gasteiger partial charge is 0.382 e. The molecule has 4 heteroatoms. The van der Waals surface area contributed by atoms with Crippen molar-refractivity contribution < 1.29 is 9.47 Å². The van der Waals surface area contributed by atoms with Crippen molar-refractivity contribution in [1.29, 1.82) is 0 Å². The minimum Gasteiger partial charge on any atom is -0.382 e. The third-order valence-electron chi connectivity index (χ3n) is 2.81. The highest BCUT2D eigenvalue weighted by atomic mass is 16.5. The number of hydrazine groups is 1. The first-order valence-corrected chi connectivity index (χ1v) is 6.43. The van der Waals surface area contributed by atoms with E-state index in [9.17, 15) is 0 Å². The van der Waals surface area contributed by atoms with Crippen molar-refractivity contribution in [2.75, 3.05) is 26.9 Å². The minimum atomic E-state index is 0.0265.